The van der Waals surface area contributed by atoms with Gasteiger partial charge in [-0.15, -0.1) is 11.3 Å². The molecule has 3 nitrogen and oxygen atoms in total. The Morgan fingerprint density at radius 2 is 2.00 bits per heavy atom. The van der Waals surface area contributed by atoms with Crippen LogP contribution in [0, 0.1) is 0 Å². The van der Waals surface area contributed by atoms with Crippen molar-refractivity contribution in [3.05, 3.63) is 46.8 Å². The quantitative estimate of drug-likeness (QED) is 0.769. The first-order valence-electron chi connectivity index (χ1n) is 6.50. The Morgan fingerprint density at radius 1 is 1.11 bits per heavy atom. The molecule has 1 aromatic carbocycles. The van der Waals surface area contributed by atoms with E-state index in [9.17, 15) is 0 Å². The average molecular weight is 267 g/mol. The number of aryl methyl sites for hydroxylation is 2. The van der Waals surface area contributed by atoms with E-state index in [2.05, 4.69) is 21.2 Å². The Bertz CT molecular complexity index is 691. The van der Waals surface area contributed by atoms with E-state index in [1.54, 1.807) is 0 Å². The molecule has 0 radical (unpaired) electrons. The molecule has 1 aliphatic carbocycles. The summed E-state index contributed by atoms with van der Waals surface area (Å²) in [7, 11) is 0. The zero-order valence-electron chi connectivity index (χ0n) is 10.4. The highest BCUT2D eigenvalue weighted by Crippen LogP contribution is 2.35. The SMILES string of the molecule is c1ccc(-c2n[nH]c(-c3cc4c(s3)CCC4)n2)cc1. The predicted octanol–water partition coefficient (Wildman–Crippen LogP) is 3.69. The summed E-state index contributed by atoms with van der Waals surface area (Å²) in [5.41, 5.74) is 2.55. The molecular formula is C15H13N3S. The smallest absolute Gasteiger partial charge is 0.181 e. The first-order valence-corrected chi connectivity index (χ1v) is 7.31. The van der Waals surface area contributed by atoms with E-state index in [0.29, 0.717) is 0 Å². The van der Waals surface area contributed by atoms with E-state index in [1.807, 2.05) is 41.7 Å². The molecular weight excluding hydrogens is 254 g/mol. The third kappa shape index (κ3) is 1.88. The number of hydrogen-bond donors (Lipinski definition) is 1. The molecule has 0 saturated carbocycles. The van der Waals surface area contributed by atoms with Crippen LogP contribution in [0.25, 0.3) is 22.1 Å². The zero-order chi connectivity index (χ0) is 12.7. The Hall–Kier alpha value is -1.94. The number of aromatic amines is 1. The van der Waals surface area contributed by atoms with Crippen LogP contribution in [0.2, 0.25) is 0 Å². The Labute approximate surface area is 115 Å². The second kappa shape index (κ2) is 4.31. The summed E-state index contributed by atoms with van der Waals surface area (Å²) in [5, 5.41) is 7.37. The summed E-state index contributed by atoms with van der Waals surface area (Å²) >= 11 is 1.85. The van der Waals surface area contributed by atoms with Crippen LogP contribution in [0.1, 0.15) is 16.9 Å². The van der Waals surface area contributed by atoms with Crippen LogP contribution in [0.4, 0.5) is 0 Å². The maximum Gasteiger partial charge on any atom is 0.181 e. The van der Waals surface area contributed by atoms with Gasteiger partial charge in [0.2, 0.25) is 0 Å². The topological polar surface area (TPSA) is 41.6 Å². The van der Waals surface area contributed by atoms with Gasteiger partial charge in [-0.3, -0.25) is 5.10 Å². The van der Waals surface area contributed by atoms with Crippen molar-refractivity contribution in [1.82, 2.24) is 15.2 Å². The summed E-state index contributed by atoms with van der Waals surface area (Å²) in [5.74, 6) is 1.66. The first kappa shape index (κ1) is 10.9. The Balaban J connectivity index is 1.71. The number of benzene rings is 1. The monoisotopic (exact) mass is 267 g/mol. The summed E-state index contributed by atoms with van der Waals surface area (Å²) in [6, 6.07) is 12.3. The number of aromatic nitrogens is 3. The molecule has 1 aliphatic rings. The van der Waals surface area contributed by atoms with Gasteiger partial charge in [0.15, 0.2) is 11.6 Å². The Kier molecular flexibility index (Phi) is 2.48. The fourth-order valence-electron chi connectivity index (χ4n) is 2.53. The van der Waals surface area contributed by atoms with Gasteiger partial charge in [0.1, 0.15) is 0 Å². The zero-order valence-corrected chi connectivity index (χ0v) is 11.2. The van der Waals surface area contributed by atoms with Crippen molar-refractivity contribution < 1.29 is 0 Å². The minimum Gasteiger partial charge on any atom is -0.258 e. The summed E-state index contributed by atoms with van der Waals surface area (Å²) in [4.78, 5) is 7.34. The minimum absolute atomic E-state index is 0.768. The van der Waals surface area contributed by atoms with Crippen molar-refractivity contribution in [1.29, 1.82) is 0 Å². The molecule has 94 valence electrons. The number of rotatable bonds is 2. The van der Waals surface area contributed by atoms with Gasteiger partial charge in [0.05, 0.1) is 4.88 Å². The normalized spacial score (nSPS) is 13.7. The minimum atomic E-state index is 0.768. The van der Waals surface area contributed by atoms with Crippen LogP contribution < -0.4 is 0 Å². The number of thiophene rings is 1. The van der Waals surface area contributed by atoms with Gasteiger partial charge < -0.3 is 0 Å². The molecule has 0 unspecified atom stereocenters. The van der Waals surface area contributed by atoms with E-state index >= 15 is 0 Å². The molecule has 19 heavy (non-hydrogen) atoms. The molecule has 4 rings (SSSR count). The van der Waals surface area contributed by atoms with Crippen LogP contribution in [-0.2, 0) is 12.8 Å². The van der Waals surface area contributed by atoms with Crippen molar-refractivity contribution in [3.8, 4) is 22.1 Å². The molecule has 2 aromatic heterocycles. The van der Waals surface area contributed by atoms with Crippen molar-refractivity contribution in [2.45, 2.75) is 19.3 Å². The molecule has 4 heteroatoms. The lowest BCUT2D eigenvalue weighted by atomic mass is 10.2. The van der Waals surface area contributed by atoms with E-state index in [4.69, 9.17) is 0 Å². The van der Waals surface area contributed by atoms with Crippen LogP contribution in [-0.4, -0.2) is 15.2 Å². The fourth-order valence-corrected chi connectivity index (χ4v) is 3.73. The molecule has 0 bridgehead atoms. The number of nitrogens with one attached hydrogen (secondary N) is 1. The van der Waals surface area contributed by atoms with Gasteiger partial charge in [-0.05, 0) is 30.9 Å². The lowest BCUT2D eigenvalue weighted by Crippen LogP contribution is -1.79. The molecule has 0 amide bonds. The third-order valence-electron chi connectivity index (χ3n) is 3.50. The third-order valence-corrected chi connectivity index (χ3v) is 4.74. The fraction of sp³-hybridized carbons (Fsp3) is 0.200. The summed E-state index contributed by atoms with van der Waals surface area (Å²) < 4.78 is 0. The highest BCUT2D eigenvalue weighted by atomic mass is 32.1. The van der Waals surface area contributed by atoms with Gasteiger partial charge in [0, 0.05) is 10.4 Å². The number of fused-ring (bicyclic) bond motifs is 1. The molecule has 0 aliphatic heterocycles. The first-order chi connectivity index (χ1) is 9.40. The molecule has 0 spiro atoms. The maximum absolute atomic E-state index is 4.61. The molecule has 3 aromatic rings. The molecule has 0 atom stereocenters. The molecule has 2 heterocycles. The molecule has 0 saturated heterocycles. The molecule has 0 fully saturated rings. The predicted molar refractivity (Wildman–Crippen MR) is 77.2 cm³/mol. The van der Waals surface area contributed by atoms with Crippen LogP contribution in [0.3, 0.4) is 0 Å². The second-order valence-electron chi connectivity index (χ2n) is 4.79. The maximum atomic E-state index is 4.61. The van der Waals surface area contributed by atoms with E-state index in [-0.39, 0.29) is 0 Å². The highest BCUT2D eigenvalue weighted by molar-refractivity contribution is 7.15. The number of hydrogen-bond acceptors (Lipinski definition) is 3. The average Bonchev–Trinajstić information content (AvgIpc) is 3.14. The van der Waals surface area contributed by atoms with Crippen LogP contribution in [0.5, 0.6) is 0 Å². The number of nitrogens with zero attached hydrogens (tertiary/aromatic N) is 2. The van der Waals surface area contributed by atoms with E-state index in [1.165, 1.54) is 34.6 Å². The highest BCUT2D eigenvalue weighted by Gasteiger charge is 2.17. The van der Waals surface area contributed by atoms with E-state index < -0.39 is 0 Å². The summed E-state index contributed by atoms with van der Waals surface area (Å²) in [6.45, 7) is 0. The van der Waals surface area contributed by atoms with Crippen molar-refractivity contribution in [2.24, 2.45) is 0 Å². The van der Waals surface area contributed by atoms with E-state index in [0.717, 1.165) is 17.2 Å². The molecule has 1 N–H and O–H groups in total. The van der Waals surface area contributed by atoms with Crippen LogP contribution in [0.15, 0.2) is 36.4 Å². The van der Waals surface area contributed by atoms with Gasteiger partial charge in [-0.2, -0.15) is 5.10 Å². The number of H-pyrrole nitrogens is 1. The summed E-state index contributed by atoms with van der Waals surface area (Å²) in [6.07, 6.45) is 3.73. The van der Waals surface area contributed by atoms with Gasteiger partial charge in [0.25, 0.3) is 0 Å². The van der Waals surface area contributed by atoms with Gasteiger partial charge in [-0.25, -0.2) is 4.98 Å². The van der Waals surface area contributed by atoms with Crippen LogP contribution >= 0.6 is 11.3 Å². The lowest BCUT2D eigenvalue weighted by Gasteiger charge is -1.92. The van der Waals surface area contributed by atoms with Crippen molar-refractivity contribution in [2.75, 3.05) is 0 Å². The second-order valence-corrected chi connectivity index (χ2v) is 5.92. The van der Waals surface area contributed by atoms with Gasteiger partial charge >= 0.3 is 0 Å². The van der Waals surface area contributed by atoms with Crippen molar-refractivity contribution in [3.63, 3.8) is 0 Å². The standard InChI is InChI=1S/C15H13N3S/c1-2-5-10(6-3-1)14-16-15(18-17-14)13-9-11-7-4-8-12(11)19-13/h1-3,5-6,9H,4,7-8H2,(H,16,17,18). The largest absolute Gasteiger partial charge is 0.258 e. The Morgan fingerprint density at radius 3 is 2.84 bits per heavy atom. The van der Waals surface area contributed by atoms with Gasteiger partial charge in [-0.1, -0.05) is 30.3 Å². The lowest BCUT2D eigenvalue weighted by molar-refractivity contribution is 0.915. The van der Waals surface area contributed by atoms with Crippen molar-refractivity contribution >= 4 is 11.3 Å².